The Balaban J connectivity index is 1.18. The van der Waals surface area contributed by atoms with Gasteiger partial charge in [-0.3, -0.25) is 23.9 Å². The number of hydrogen-bond donors (Lipinski definition) is 3. The molecule has 0 atom stereocenters. The number of hydrogen-bond acceptors (Lipinski definition) is 6. The smallest absolute Gasteiger partial charge is 0.253 e. The molecule has 3 aromatic rings. The molecule has 0 unspecified atom stereocenters. The van der Waals surface area contributed by atoms with Gasteiger partial charge in [0.1, 0.15) is 11.6 Å². The molecule has 0 bridgehead atoms. The van der Waals surface area contributed by atoms with E-state index in [4.69, 9.17) is 10.5 Å². The van der Waals surface area contributed by atoms with Gasteiger partial charge in [-0.1, -0.05) is 13.8 Å². The van der Waals surface area contributed by atoms with E-state index in [-0.39, 0.29) is 40.3 Å². The molecule has 1 saturated carbocycles. The number of amides is 2. The number of ether oxygens (including phenoxy) is 1. The van der Waals surface area contributed by atoms with E-state index in [0.717, 1.165) is 58.5 Å². The van der Waals surface area contributed by atoms with E-state index >= 15 is 4.39 Å². The molecule has 1 aromatic heterocycles. The maximum Gasteiger partial charge on any atom is 0.253 e. The van der Waals surface area contributed by atoms with Gasteiger partial charge in [-0.2, -0.15) is 0 Å². The molecule has 246 valence electrons. The predicted molar refractivity (Wildman–Crippen MR) is 173 cm³/mol. The first-order valence-electron chi connectivity index (χ1n) is 16.3. The highest BCUT2D eigenvalue weighted by molar-refractivity contribution is 6.06. The third kappa shape index (κ3) is 6.66. The number of anilines is 1. The van der Waals surface area contributed by atoms with Crippen molar-refractivity contribution in [3.8, 4) is 11.1 Å². The standard InChI is InChI=1S/C35H43F2N5O4/c1-35(2)18-29-31(25-8-7-24(36)17-28(25)42(29)30(43)19-35)23-15-26(37)32(33(38)44)27(16-23)40-20-21-3-5-22(6-4-21)34(45)39-9-10-41-11-13-46-14-12-41/h7-8,15-17,21-22,40H,3-6,9-14,18-20H2,1-2H3,(H2,38,44)(H,39,45). The Kier molecular flexibility index (Phi) is 9.16. The molecule has 2 fully saturated rings. The van der Waals surface area contributed by atoms with Crippen molar-refractivity contribution in [2.45, 2.75) is 52.4 Å². The summed E-state index contributed by atoms with van der Waals surface area (Å²) in [7, 11) is 0. The summed E-state index contributed by atoms with van der Waals surface area (Å²) in [6.07, 6.45) is 4.01. The van der Waals surface area contributed by atoms with Gasteiger partial charge >= 0.3 is 0 Å². The number of morpholine rings is 1. The number of fused-ring (bicyclic) bond motifs is 3. The molecule has 2 aliphatic heterocycles. The normalized spacial score (nSPS) is 21.6. The minimum Gasteiger partial charge on any atom is -0.384 e. The second kappa shape index (κ2) is 13.1. The van der Waals surface area contributed by atoms with Crippen LogP contribution in [0.5, 0.6) is 0 Å². The number of carbonyl (C=O) groups is 3. The van der Waals surface area contributed by atoms with E-state index in [1.807, 2.05) is 13.8 Å². The van der Waals surface area contributed by atoms with Gasteiger partial charge in [-0.25, -0.2) is 8.78 Å². The number of aromatic nitrogens is 1. The summed E-state index contributed by atoms with van der Waals surface area (Å²) in [5.74, 6) is -1.96. The summed E-state index contributed by atoms with van der Waals surface area (Å²) in [5.41, 5.74) is 7.63. The maximum absolute atomic E-state index is 15.7. The largest absolute Gasteiger partial charge is 0.384 e. The van der Waals surface area contributed by atoms with Crippen LogP contribution in [0.1, 0.15) is 66.8 Å². The zero-order chi connectivity index (χ0) is 32.6. The lowest BCUT2D eigenvalue weighted by atomic mass is 9.80. The Hall–Kier alpha value is -3.83. The molecule has 3 heterocycles. The Morgan fingerprint density at radius 3 is 2.50 bits per heavy atom. The zero-order valence-corrected chi connectivity index (χ0v) is 26.6. The van der Waals surface area contributed by atoms with Crippen molar-refractivity contribution in [1.82, 2.24) is 14.8 Å². The topological polar surface area (TPSA) is 119 Å². The van der Waals surface area contributed by atoms with Gasteiger partial charge in [0.15, 0.2) is 0 Å². The fourth-order valence-corrected chi connectivity index (χ4v) is 7.42. The molecule has 2 amide bonds. The second-order valence-corrected chi connectivity index (χ2v) is 13.8. The molecule has 9 nitrogen and oxygen atoms in total. The lowest BCUT2D eigenvalue weighted by Gasteiger charge is -2.31. The zero-order valence-electron chi connectivity index (χ0n) is 26.6. The average molecular weight is 636 g/mol. The van der Waals surface area contributed by atoms with Crippen LogP contribution in [0.4, 0.5) is 14.5 Å². The summed E-state index contributed by atoms with van der Waals surface area (Å²) < 4.78 is 37.0. The molecule has 2 aromatic carbocycles. The number of rotatable bonds is 9. The van der Waals surface area contributed by atoms with E-state index < -0.39 is 17.5 Å². The third-order valence-electron chi connectivity index (χ3n) is 9.81. The number of nitrogens with zero attached hydrogens (tertiary/aromatic N) is 2. The number of nitrogens with two attached hydrogens (primary N) is 1. The molecule has 0 spiro atoms. The molecule has 4 N–H and O–H groups in total. The van der Waals surface area contributed by atoms with Gasteiger partial charge in [0, 0.05) is 61.7 Å². The molecule has 46 heavy (non-hydrogen) atoms. The van der Waals surface area contributed by atoms with Gasteiger partial charge in [0.05, 0.1) is 30.0 Å². The average Bonchev–Trinajstić information content (AvgIpc) is 3.32. The minimum absolute atomic E-state index is 0.0333. The molecular formula is C35H43F2N5O4. The lowest BCUT2D eigenvalue weighted by molar-refractivity contribution is -0.126. The van der Waals surface area contributed by atoms with Crippen molar-refractivity contribution in [3.63, 3.8) is 0 Å². The van der Waals surface area contributed by atoms with Crippen LogP contribution in [-0.2, 0) is 16.0 Å². The number of primary amides is 1. The van der Waals surface area contributed by atoms with Crippen molar-refractivity contribution < 1.29 is 27.9 Å². The fourth-order valence-electron chi connectivity index (χ4n) is 7.42. The van der Waals surface area contributed by atoms with Crippen molar-refractivity contribution in [2.24, 2.45) is 23.0 Å². The van der Waals surface area contributed by atoms with Gasteiger partial charge in [-0.05, 0) is 79.3 Å². The molecule has 6 rings (SSSR count). The molecule has 3 aliphatic rings. The van der Waals surface area contributed by atoms with Crippen LogP contribution in [0.25, 0.3) is 22.0 Å². The highest BCUT2D eigenvalue weighted by Gasteiger charge is 2.36. The summed E-state index contributed by atoms with van der Waals surface area (Å²) >= 11 is 0. The number of carbonyl (C=O) groups excluding carboxylic acids is 3. The van der Waals surface area contributed by atoms with Crippen LogP contribution in [0.3, 0.4) is 0 Å². The summed E-state index contributed by atoms with van der Waals surface area (Å²) in [6.45, 7) is 9.18. The van der Waals surface area contributed by atoms with E-state index in [2.05, 4.69) is 15.5 Å². The van der Waals surface area contributed by atoms with Crippen molar-refractivity contribution >= 4 is 34.3 Å². The molecule has 1 aliphatic carbocycles. The summed E-state index contributed by atoms with van der Waals surface area (Å²) in [4.78, 5) is 40.8. The predicted octanol–water partition coefficient (Wildman–Crippen LogP) is 4.96. The molecule has 1 saturated heterocycles. The van der Waals surface area contributed by atoms with Crippen LogP contribution in [0, 0.1) is 28.9 Å². The van der Waals surface area contributed by atoms with E-state index in [0.29, 0.717) is 53.7 Å². The van der Waals surface area contributed by atoms with Gasteiger partial charge in [0.25, 0.3) is 5.91 Å². The van der Waals surface area contributed by atoms with Crippen LogP contribution < -0.4 is 16.4 Å². The van der Waals surface area contributed by atoms with Crippen LogP contribution in [-0.4, -0.2) is 73.1 Å². The number of nitrogens with one attached hydrogen (secondary N) is 2. The Morgan fingerprint density at radius 2 is 1.78 bits per heavy atom. The first-order valence-corrected chi connectivity index (χ1v) is 16.3. The fraction of sp³-hybridized carbons (Fsp3) is 0.514. The van der Waals surface area contributed by atoms with Crippen LogP contribution >= 0.6 is 0 Å². The minimum atomic E-state index is -0.883. The highest BCUT2D eigenvalue weighted by Crippen LogP contribution is 2.44. The molecule has 0 radical (unpaired) electrons. The Labute approximate surface area is 267 Å². The van der Waals surface area contributed by atoms with Gasteiger partial charge < -0.3 is 21.1 Å². The highest BCUT2D eigenvalue weighted by atomic mass is 19.1. The quantitative estimate of drug-likeness (QED) is 0.306. The lowest BCUT2D eigenvalue weighted by Crippen LogP contribution is -2.42. The summed E-state index contributed by atoms with van der Waals surface area (Å²) in [5, 5.41) is 7.02. The summed E-state index contributed by atoms with van der Waals surface area (Å²) in [6, 6.07) is 7.28. The molecule has 11 heteroatoms. The van der Waals surface area contributed by atoms with Gasteiger partial charge in [0.2, 0.25) is 11.8 Å². The maximum atomic E-state index is 15.7. The van der Waals surface area contributed by atoms with E-state index in [1.165, 1.54) is 18.2 Å². The number of halogens is 2. The number of benzene rings is 2. The van der Waals surface area contributed by atoms with Crippen molar-refractivity contribution in [2.75, 3.05) is 51.3 Å². The second-order valence-electron chi connectivity index (χ2n) is 13.8. The first-order chi connectivity index (χ1) is 22.0. The molecular weight excluding hydrogens is 592 g/mol. The van der Waals surface area contributed by atoms with E-state index in [9.17, 15) is 18.8 Å². The Morgan fingerprint density at radius 1 is 1.04 bits per heavy atom. The SMILES string of the molecule is CC1(C)CC(=O)n2c(c(-c3cc(F)c(C(N)=O)c(NCC4CCC(C(=O)NCCN5CCOCC5)CC4)c3)c3ccc(F)cc32)C1. The Bertz CT molecular complexity index is 1650. The monoisotopic (exact) mass is 635 g/mol. The van der Waals surface area contributed by atoms with Gasteiger partial charge in [-0.15, -0.1) is 0 Å². The van der Waals surface area contributed by atoms with Crippen molar-refractivity contribution in [3.05, 3.63) is 53.2 Å². The first kappa shape index (κ1) is 32.1. The van der Waals surface area contributed by atoms with Crippen molar-refractivity contribution in [1.29, 1.82) is 0 Å². The third-order valence-corrected chi connectivity index (χ3v) is 9.81. The van der Waals surface area contributed by atoms with Crippen LogP contribution in [0.2, 0.25) is 0 Å². The van der Waals surface area contributed by atoms with Crippen LogP contribution in [0.15, 0.2) is 30.3 Å². The van der Waals surface area contributed by atoms with E-state index in [1.54, 1.807) is 16.7 Å².